The summed E-state index contributed by atoms with van der Waals surface area (Å²) in [6, 6.07) is -9.65. The van der Waals surface area contributed by atoms with E-state index in [0.717, 1.165) is 6.42 Å². The van der Waals surface area contributed by atoms with Crippen molar-refractivity contribution in [3.8, 4) is 0 Å². The highest BCUT2D eigenvalue weighted by molar-refractivity contribution is 5.98. The predicted molar refractivity (Wildman–Crippen MR) is 183 cm³/mol. The summed E-state index contributed by atoms with van der Waals surface area (Å²) in [5.74, 6) is -7.56. The van der Waals surface area contributed by atoms with Crippen LogP contribution in [0.25, 0.3) is 0 Å². The topological polar surface area (TPSA) is 325 Å². The van der Waals surface area contributed by atoms with Crippen molar-refractivity contribution in [1.82, 2.24) is 47.0 Å². The quantitative estimate of drug-likeness (QED) is 0.0618. The van der Waals surface area contributed by atoms with Gasteiger partial charge in [-0.1, -0.05) is 0 Å². The number of carboxylic acid groups (broad SMARTS) is 1. The third-order valence-electron chi connectivity index (χ3n) is 9.38. The number of amides is 8. The number of aliphatic hydroxyl groups excluding tert-OH is 3. The lowest BCUT2D eigenvalue weighted by molar-refractivity contribution is -0.143. The van der Waals surface area contributed by atoms with E-state index in [-0.39, 0.29) is 24.9 Å². The van der Waals surface area contributed by atoms with Crippen LogP contribution in [0.1, 0.15) is 52.4 Å². The molecule has 3 heterocycles. The summed E-state index contributed by atoms with van der Waals surface area (Å²) < 4.78 is 0. The maximum Gasteiger partial charge on any atom is 0.322 e. The van der Waals surface area contributed by atoms with Crippen LogP contribution in [-0.4, -0.2) is 178 Å². The molecule has 0 spiro atoms. The summed E-state index contributed by atoms with van der Waals surface area (Å²) in [5, 5.41) is 54.9. The zero-order chi connectivity index (χ0) is 40.1. The third-order valence-corrected chi connectivity index (χ3v) is 9.38. The van der Waals surface area contributed by atoms with Gasteiger partial charge >= 0.3 is 5.97 Å². The van der Waals surface area contributed by atoms with Crippen molar-refractivity contribution in [3.63, 3.8) is 0 Å². The first-order chi connectivity index (χ1) is 25.6. The van der Waals surface area contributed by atoms with Crippen LogP contribution in [-0.2, 0) is 43.2 Å². The SMILES string of the molecule is CC(NC(=O)C1CCCN1C(=O)C1CCCN1)C(=O)NC(CO)C(=O)NC(CO)C(=O)NC(CO)C(=O)NC(C)C(=O)N1CCCC1C(=O)NCC(=O)O. The van der Waals surface area contributed by atoms with E-state index in [1.807, 2.05) is 0 Å². The second kappa shape index (κ2) is 20.5. The maximum absolute atomic E-state index is 13.0. The number of hydrogen-bond donors (Lipinski definition) is 11. The molecule has 3 aliphatic heterocycles. The minimum atomic E-state index is -1.74. The molecule has 0 aliphatic carbocycles. The average Bonchev–Trinajstić information content (AvgIpc) is 3.95. The molecule has 0 aromatic carbocycles. The molecule has 8 atom stereocenters. The molecule has 3 fully saturated rings. The highest BCUT2D eigenvalue weighted by atomic mass is 16.4. The number of nitrogens with zero attached hydrogens (tertiary/aromatic N) is 2. The Bertz CT molecular complexity index is 1430. The highest BCUT2D eigenvalue weighted by Gasteiger charge is 2.40. The van der Waals surface area contributed by atoms with Gasteiger partial charge in [-0.3, -0.25) is 43.2 Å². The van der Waals surface area contributed by atoms with Crippen molar-refractivity contribution in [2.45, 2.75) is 101 Å². The van der Waals surface area contributed by atoms with E-state index < -0.39 is 116 Å². The smallest absolute Gasteiger partial charge is 0.322 e. The van der Waals surface area contributed by atoms with E-state index in [4.69, 9.17) is 5.11 Å². The minimum absolute atomic E-state index is 0.158. The van der Waals surface area contributed by atoms with Gasteiger partial charge in [-0.2, -0.15) is 0 Å². The normalized spacial score (nSPS) is 22.2. The van der Waals surface area contributed by atoms with Crippen LogP contribution in [0.3, 0.4) is 0 Å². The monoisotopic (exact) mass is 769 g/mol. The average molecular weight is 770 g/mol. The molecule has 0 saturated carbocycles. The molecule has 3 aliphatic rings. The van der Waals surface area contributed by atoms with E-state index in [2.05, 4.69) is 37.2 Å². The lowest BCUT2D eigenvalue weighted by Gasteiger charge is -2.28. The van der Waals surface area contributed by atoms with Gasteiger partial charge < -0.3 is 67.4 Å². The Labute approximate surface area is 310 Å². The van der Waals surface area contributed by atoms with Crippen molar-refractivity contribution < 1.29 is 63.6 Å². The van der Waals surface area contributed by atoms with Gasteiger partial charge in [0, 0.05) is 13.1 Å². The van der Waals surface area contributed by atoms with Gasteiger partial charge in [0.1, 0.15) is 48.8 Å². The Balaban J connectivity index is 1.51. The molecule has 22 heteroatoms. The first-order valence-electron chi connectivity index (χ1n) is 17.8. The Kier molecular flexibility index (Phi) is 16.5. The van der Waals surface area contributed by atoms with Crippen LogP contribution in [0.2, 0.25) is 0 Å². The molecule has 8 unspecified atom stereocenters. The molecule has 3 saturated heterocycles. The number of likely N-dealkylation sites (tertiary alicyclic amines) is 2. The van der Waals surface area contributed by atoms with Crippen LogP contribution in [0.5, 0.6) is 0 Å². The molecule has 0 aromatic rings. The standard InChI is InChI=1S/C32H51N9O13/c1-16(35-30(52)23-8-5-11-41(23)32(54)18-6-3-9-33-18)25(47)37-20(14-43)27(49)39-21(15-44)28(50)38-19(13-42)26(48)36-17(2)31(53)40-10-4-7-22(40)29(51)34-12-24(45)46/h16-23,33,42-44H,3-15H2,1-2H3,(H,34,51)(H,35,52)(H,36,48)(H,37,47)(H,38,50)(H,39,49)(H,45,46). The summed E-state index contributed by atoms with van der Waals surface area (Å²) in [6.07, 6.45) is 3.21. The molecule has 11 N–H and O–H groups in total. The van der Waals surface area contributed by atoms with E-state index in [1.54, 1.807) is 0 Å². The number of carboxylic acids is 1. The Hall–Kier alpha value is -4.93. The number of hydrogen-bond acceptors (Lipinski definition) is 13. The first-order valence-corrected chi connectivity index (χ1v) is 17.8. The summed E-state index contributed by atoms with van der Waals surface area (Å²) in [7, 11) is 0. The highest BCUT2D eigenvalue weighted by Crippen LogP contribution is 2.21. The fraction of sp³-hybridized carbons (Fsp3) is 0.719. The molecule has 302 valence electrons. The van der Waals surface area contributed by atoms with Crippen molar-refractivity contribution in [1.29, 1.82) is 0 Å². The number of aliphatic carboxylic acids is 1. The van der Waals surface area contributed by atoms with Crippen LogP contribution >= 0.6 is 0 Å². The van der Waals surface area contributed by atoms with Crippen LogP contribution in [0, 0.1) is 0 Å². The fourth-order valence-electron chi connectivity index (χ4n) is 6.41. The number of nitrogens with one attached hydrogen (secondary N) is 7. The molecular formula is C32H51N9O13. The molecule has 0 aromatic heterocycles. The zero-order valence-electron chi connectivity index (χ0n) is 30.2. The van der Waals surface area contributed by atoms with Crippen LogP contribution in [0.4, 0.5) is 0 Å². The van der Waals surface area contributed by atoms with Gasteiger partial charge in [0.15, 0.2) is 0 Å². The van der Waals surface area contributed by atoms with Crippen molar-refractivity contribution in [2.75, 3.05) is 46.0 Å². The van der Waals surface area contributed by atoms with E-state index in [0.29, 0.717) is 38.8 Å². The molecule has 8 amide bonds. The summed E-state index contributed by atoms with van der Waals surface area (Å²) >= 11 is 0. The number of carbonyl (C=O) groups excluding carboxylic acids is 8. The van der Waals surface area contributed by atoms with Crippen molar-refractivity contribution in [3.05, 3.63) is 0 Å². The van der Waals surface area contributed by atoms with E-state index >= 15 is 0 Å². The summed E-state index contributed by atoms with van der Waals surface area (Å²) in [6.45, 7) is 0.297. The Morgan fingerprint density at radius 1 is 0.630 bits per heavy atom. The number of rotatable bonds is 18. The van der Waals surface area contributed by atoms with Crippen molar-refractivity contribution in [2.24, 2.45) is 0 Å². The number of carbonyl (C=O) groups is 9. The lowest BCUT2D eigenvalue weighted by Crippen LogP contribution is -2.61. The van der Waals surface area contributed by atoms with Gasteiger partial charge in [0.2, 0.25) is 47.3 Å². The van der Waals surface area contributed by atoms with Gasteiger partial charge in [0.05, 0.1) is 25.9 Å². The second-order valence-corrected chi connectivity index (χ2v) is 13.3. The van der Waals surface area contributed by atoms with Gasteiger partial charge in [-0.05, 0) is 58.9 Å². The largest absolute Gasteiger partial charge is 0.480 e. The first kappa shape index (κ1) is 43.5. The van der Waals surface area contributed by atoms with Gasteiger partial charge in [0.25, 0.3) is 0 Å². The molecule has 0 radical (unpaired) electrons. The van der Waals surface area contributed by atoms with Gasteiger partial charge in [-0.15, -0.1) is 0 Å². The fourth-order valence-corrected chi connectivity index (χ4v) is 6.41. The molecule has 22 nitrogen and oxygen atoms in total. The molecule has 0 bridgehead atoms. The van der Waals surface area contributed by atoms with Gasteiger partial charge in [-0.25, -0.2) is 0 Å². The Morgan fingerprint density at radius 3 is 1.63 bits per heavy atom. The van der Waals surface area contributed by atoms with E-state index in [9.17, 15) is 58.5 Å². The second-order valence-electron chi connectivity index (χ2n) is 13.3. The lowest BCUT2D eigenvalue weighted by atomic mass is 10.1. The van der Waals surface area contributed by atoms with E-state index in [1.165, 1.54) is 23.6 Å². The molecular weight excluding hydrogens is 718 g/mol. The zero-order valence-corrected chi connectivity index (χ0v) is 30.2. The molecule has 54 heavy (non-hydrogen) atoms. The summed E-state index contributed by atoms with van der Waals surface area (Å²) in [4.78, 5) is 116. The van der Waals surface area contributed by atoms with Crippen LogP contribution in [0.15, 0.2) is 0 Å². The summed E-state index contributed by atoms with van der Waals surface area (Å²) in [5.41, 5.74) is 0. The van der Waals surface area contributed by atoms with Crippen molar-refractivity contribution >= 4 is 53.2 Å². The van der Waals surface area contributed by atoms with Crippen LogP contribution < -0.4 is 37.2 Å². The minimum Gasteiger partial charge on any atom is -0.480 e. The maximum atomic E-state index is 13.0. The third kappa shape index (κ3) is 11.5. The predicted octanol–water partition coefficient (Wildman–Crippen LogP) is -6.64. The molecule has 3 rings (SSSR count). The Morgan fingerprint density at radius 2 is 1.13 bits per heavy atom. The number of aliphatic hydroxyl groups is 3.